The van der Waals surface area contributed by atoms with Crippen LogP contribution < -0.4 is 5.32 Å². The third-order valence-corrected chi connectivity index (χ3v) is 2.79. The van der Waals surface area contributed by atoms with Crippen LogP contribution in [0, 0.1) is 0 Å². The van der Waals surface area contributed by atoms with Gasteiger partial charge in [0.05, 0.1) is 31.1 Å². The molecule has 5 N–H and O–H groups in total. The van der Waals surface area contributed by atoms with Gasteiger partial charge in [0.15, 0.2) is 0 Å². The molecule has 0 amide bonds. The zero-order chi connectivity index (χ0) is 11.9. The second-order valence-electron chi connectivity index (χ2n) is 3.32. The zero-order valence-corrected chi connectivity index (χ0v) is 12.1. The number of nitrogens with one attached hydrogen (secondary N) is 1. The van der Waals surface area contributed by atoms with Gasteiger partial charge < -0.3 is 20.6 Å². The molecule has 0 aliphatic heterocycles. The van der Waals surface area contributed by atoms with E-state index in [0.29, 0.717) is 0 Å². The van der Waals surface area contributed by atoms with E-state index >= 15 is 0 Å². The predicted octanol–water partition coefficient (Wildman–Crippen LogP) is -2.81. The molecule has 0 saturated carbocycles. The van der Waals surface area contributed by atoms with Crippen LogP contribution in [-0.2, 0) is 10.1 Å². The summed E-state index contributed by atoms with van der Waals surface area (Å²) in [5, 5.41) is 29.3. The Morgan fingerprint density at radius 1 is 1.06 bits per heavy atom. The minimum atomic E-state index is -3.99. The van der Waals surface area contributed by atoms with Gasteiger partial charge in [-0.15, -0.1) is 0 Å². The number of hydrogen-bond donors (Lipinski definition) is 5. The minimum Gasteiger partial charge on any atom is -0.394 e. The molecule has 0 aliphatic rings. The Balaban J connectivity index is 0. The summed E-state index contributed by atoms with van der Waals surface area (Å²) in [6, 6.07) is 0. The van der Waals surface area contributed by atoms with Crippen LogP contribution in [0.4, 0.5) is 0 Å². The molecule has 0 spiro atoms. The smallest absolute Gasteiger partial charge is 0.264 e. The van der Waals surface area contributed by atoms with Gasteiger partial charge in [-0.05, 0) is 13.0 Å². The zero-order valence-electron chi connectivity index (χ0n) is 9.26. The number of aliphatic hydroxyl groups is 3. The number of rotatable bonds is 8. The molecule has 0 aromatic rings. The first-order chi connectivity index (χ1) is 6.89. The molecule has 0 heterocycles. The van der Waals surface area contributed by atoms with Gasteiger partial charge in [0.25, 0.3) is 10.1 Å². The summed E-state index contributed by atoms with van der Waals surface area (Å²) in [5.41, 5.74) is -1.21. The standard InChI is InChI=1S/C7H17NO6S.Na/c9-4-7(5-10,6-11)8-2-1-3-15(12,13)14;/h8-11H,1-6H2,(H,12,13,14);. The Kier molecular flexibility index (Phi) is 10.5. The van der Waals surface area contributed by atoms with Crippen molar-refractivity contribution in [1.82, 2.24) is 5.32 Å². The van der Waals surface area contributed by atoms with E-state index in [0.717, 1.165) is 0 Å². The second kappa shape index (κ2) is 8.78. The van der Waals surface area contributed by atoms with Gasteiger partial charge in [-0.2, -0.15) is 8.42 Å². The van der Waals surface area contributed by atoms with E-state index in [1.807, 2.05) is 0 Å². The van der Waals surface area contributed by atoms with Crippen LogP contribution in [-0.4, -0.2) is 95.5 Å². The fourth-order valence-electron chi connectivity index (χ4n) is 0.926. The molecular weight excluding hydrogens is 249 g/mol. The van der Waals surface area contributed by atoms with Crippen molar-refractivity contribution < 1.29 is 28.3 Å². The van der Waals surface area contributed by atoms with Gasteiger partial charge in [0.1, 0.15) is 0 Å². The van der Waals surface area contributed by atoms with E-state index in [2.05, 4.69) is 5.32 Å². The molecule has 0 aromatic carbocycles. The summed E-state index contributed by atoms with van der Waals surface area (Å²) < 4.78 is 29.1. The van der Waals surface area contributed by atoms with Crippen molar-refractivity contribution >= 4 is 39.7 Å². The van der Waals surface area contributed by atoms with Crippen LogP contribution in [0.3, 0.4) is 0 Å². The van der Waals surface area contributed by atoms with E-state index in [1.54, 1.807) is 0 Å². The molecule has 0 fully saturated rings. The first-order valence-electron chi connectivity index (χ1n) is 4.42. The van der Waals surface area contributed by atoms with E-state index in [1.165, 1.54) is 0 Å². The van der Waals surface area contributed by atoms with Gasteiger partial charge in [-0.1, -0.05) is 0 Å². The molecule has 0 unspecified atom stereocenters. The number of hydrogen-bond acceptors (Lipinski definition) is 6. The second-order valence-corrected chi connectivity index (χ2v) is 4.89. The van der Waals surface area contributed by atoms with Gasteiger partial charge in [0, 0.05) is 29.6 Å². The van der Waals surface area contributed by atoms with Crippen molar-refractivity contribution in [2.45, 2.75) is 12.0 Å². The minimum absolute atomic E-state index is 0. The van der Waals surface area contributed by atoms with Crippen LogP contribution in [0.2, 0.25) is 0 Å². The maximum absolute atomic E-state index is 10.3. The molecular formula is C7H17NNaO6S. The Hall–Kier alpha value is 0.750. The SMILES string of the molecule is O=S(=O)(O)CCCNC(CO)(CO)CO.[Na]. The molecule has 0 aliphatic carbocycles. The largest absolute Gasteiger partial charge is 0.394 e. The summed E-state index contributed by atoms with van der Waals surface area (Å²) in [5.74, 6) is -0.404. The van der Waals surface area contributed by atoms with E-state index in [4.69, 9.17) is 19.9 Å². The van der Waals surface area contributed by atoms with Crippen molar-refractivity contribution in [3.63, 3.8) is 0 Å². The summed E-state index contributed by atoms with van der Waals surface area (Å²) in [6.07, 6.45) is 0.126. The Labute approximate surface area is 117 Å². The van der Waals surface area contributed by atoms with E-state index in [9.17, 15) is 8.42 Å². The molecule has 1 radical (unpaired) electrons. The third kappa shape index (κ3) is 7.93. The third-order valence-electron chi connectivity index (χ3n) is 1.99. The molecule has 0 aromatic heterocycles. The molecule has 0 saturated heterocycles. The van der Waals surface area contributed by atoms with Crippen molar-refractivity contribution in [2.75, 3.05) is 32.1 Å². The van der Waals surface area contributed by atoms with Crippen molar-refractivity contribution in [3.05, 3.63) is 0 Å². The monoisotopic (exact) mass is 266 g/mol. The van der Waals surface area contributed by atoms with Crippen LogP contribution in [0.1, 0.15) is 6.42 Å². The maximum atomic E-state index is 10.3. The molecule has 0 bridgehead atoms. The fraction of sp³-hybridized carbons (Fsp3) is 1.00. The van der Waals surface area contributed by atoms with Crippen LogP contribution in [0.15, 0.2) is 0 Å². The fourth-order valence-corrected chi connectivity index (χ4v) is 1.43. The average molecular weight is 266 g/mol. The topological polar surface area (TPSA) is 127 Å². The summed E-state index contributed by atoms with van der Waals surface area (Å²) in [4.78, 5) is 0. The Bertz CT molecular complexity index is 258. The van der Waals surface area contributed by atoms with E-state index in [-0.39, 0.29) is 42.5 Å². The Morgan fingerprint density at radius 3 is 1.81 bits per heavy atom. The molecule has 93 valence electrons. The first-order valence-corrected chi connectivity index (χ1v) is 6.03. The van der Waals surface area contributed by atoms with Crippen LogP contribution in [0.25, 0.3) is 0 Å². The quantitative estimate of drug-likeness (QED) is 0.182. The summed E-state index contributed by atoms with van der Waals surface area (Å²) in [6.45, 7) is -1.24. The summed E-state index contributed by atoms with van der Waals surface area (Å²) >= 11 is 0. The van der Waals surface area contributed by atoms with Gasteiger partial charge in [-0.3, -0.25) is 4.55 Å². The van der Waals surface area contributed by atoms with E-state index < -0.39 is 41.2 Å². The first kappa shape index (κ1) is 19.1. The molecule has 0 rings (SSSR count). The molecule has 0 atom stereocenters. The van der Waals surface area contributed by atoms with Crippen molar-refractivity contribution in [2.24, 2.45) is 0 Å². The van der Waals surface area contributed by atoms with Gasteiger partial charge in [-0.25, -0.2) is 0 Å². The van der Waals surface area contributed by atoms with Crippen LogP contribution in [0.5, 0.6) is 0 Å². The Morgan fingerprint density at radius 2 is 1.50 bits per heavy atom. The van der Waals surface area contributed by atoms with Gasteiger partial charge >= 0.3 is 0 Å². The summed E-state index contributed by atoms with van der Waals surface area (Å²) in [7, 11) is -3.99. The normalized spacial score (nSPS) is 12.2. The van der Waals surface area contributed by atoms with Crippen LogP contribution >= 0.6 is 0 Å². The molecule has 9 heteroatoms. The predicted molar refractivity (Wildman–Crippen MR) is 58.8 cm³/mol. The van der Waals surface area contributed by atoms with Gasteiger partial charge in [0.2, 0.25) is 0 Å². The van der Waals surface area contributed by atoms with Crippen molar-refractivity contribution in [3.8, 4) is 0 Å². The molecule has 16 heavy (non-hydrogen) atoms. The van der Waals surface area contributed by atoms with Crippen molar-refractivity contribution in [1.29, 1.82) is 0 Å². The maximum Gasteiger partial charge on any atom is 0.264 e. The molecule has 7 nitrogen and oxygen atoms in total. The number of aliphatic hydroxyl groups excluding tert-OH is 3. The average Bonchev–Trinajstić information content (AvgIpc) is 2.18.